The summed E-state index contributed by atoms with van der Waals surface area (Å²) >= 11 is 0. The topological polar surface area (TPSA) is 73.1 Å². The lowest BCUT2D eigenvalue weighted by molar-refractivity contribution is 0.347. The quantitative estimate of drug-likeness (QED) is 0.841. The van der Waals surface area contributed by atoms with Gasteiger partial charge in [-0.2, -0.15) is 0 Å². The molecule has 1 heterocycles. The van der Waals surface area contributed by atoms with Crippen LogP contribution in [0.3, 0.4) is 0 Å². The second-order valence-electron chi connectivity index (χ2n) is 4.00. The van der Waals surface area contributed by atoms with Crippen molar-refractivity contribution in [3.63, 3.8) is 0 Å². The van der Waals surface area contributed by atoms with Gasteiger partial charge in [-0.15, -0.1) is 0 Å². The van der Waals surface area contributed by atoms with Gasteiger partial charge in [0.15, 0.2) is 9.84 Å². The minimum Gasteiger partial charge on any atom is -0.384 e. The highest BCUT2D eigenvalue weighted by Gasteiger charge is 2.25. The zero-order valence-electron chi connectivity index (χ0n) is 8.39. The maximum atomic E-state index is 11.9. The van der Waals surface area contributed by atoms with Crippen LogP contribution >= 0.6 is 0 Å². The van der Waals surface area contributed by atoms with Crippen molar-refractivity contribution in [3.05, 3.63) is 18.3 Å². The number of hydrogen-bond donors (Lipinski definition) is 1. The maximum Gasteiger partial charge on any atom is 0.180 e. The Morgan fingerprint density at radius 1 is 1.40 bits per heavy atom. The summed E-state index contributed by atoms with van der Waals surface area (Å²) in [7, 11) is -3.16. The number of rotatable bonds is 3. The van der Waals surface area contributed by atoms with Crippen LogP contribution in [0.15, 0.2) is 23.2 Å². The third-order valence-corrected chi connectivity index (χ3v) is 4.67. The standard InChI is InChI=1S/C10H14N2O2S/c11-10-5-4-9(6-12-10)15(13,14)7-8-2-1-3-8/h4-6,8H,1-3,7H2,(H2,11,12). The van der Waals surface area contributed by atoms with E-state index < -0.39 is 9.84 Å². The molecule has 1 aromatic heterocycles. The van der Waals surface area contributed by atoms with E-state index in [9.17, 15) is 8.42 Å². The molecule has 1 aliphatic carbocycles. The molecule has 0 atom stereocenters. The highest BCUT2D eigenvalue weighted by molar-refractivity contribution is 7.91. The molecule has 0 unspecified atom stereocenters. The Balaban J connectivity index is 2.17. The molecule has 1 fully saturated rings. The Labute approximate surface area is 89.4 Å². The van der Waals surface area contributed by atoms with E-state index >= 15 is 0 Å². The van der Waals surface area contributed by atoms with E-state index in [4.69, 9.17) is 5.73 Å². The zero-order valence-corrected chi connectivity index (χ0v) is 9.20. The first-order valence-corrected chi connectivity index (χ1v) is 6.67. The molecule has 1 saturated carbocycles. The van der Waals surface area contributed by atoms with Gasteiger partial charge in [0, 0.05) is 6.20 Å². The van der Waals surface area contributed by atoms with Crippen molar-refractivity contribution in [3.8, 4) is 0 Å². The molecular formula is C10H14N2O2S. The molecule has 2 N–H and O–H groups in total. The van der Waals surface area contributed by atoms with Crippen molar-refractivity contribution >= 4 is 15.7 Å². The van der Waals surface area contributed by atoms with Gasteiger partial charge in [0.25, 0.3) is 0 Å². The number of pyridine rings is 1. The molecule has 4 nitrogen and oxygen atoms in total. The van der Waals surface area contributed by atoms with Crippen molar-refractivity contribution in [2.45, 2.75) is 24.2 Å². The van der Waals surface area contributed by atoms with Gasteiger partial charge in [0.2, 0.25) is 0 Å². The van der Waals surface area contributed by atoms with Crippen molar-refractivity contribution in [1.29, 1.82) is 0 Å². The second-order valence-corrected chi connectivity index (χ2v) is 6.03. The third-order valence-electron chi connectivity index (χ3n) is 2.80. The predicted octanol–water partition coefficient (Wildman–Crippen LogP) is 1.24. The molecule has 1 aromatic rings. The predicted molar refractivity (Wildman–Crippen MR) is 58.0 cm³/mol. The Bertz CT molecular complexity index is 435. The minimum atomic E-state index is -3.16. The van der Waals surface area contributed by atoms with Crippen LogP contribution in [0.4, 0.5) is 5.82 Å². The van der Waals surface area contributed by atoms with Crippen LogP contribution in [0.5, 0.6) is 0 Å². The van der Waals surface area contributed by atoms with Crippen LogP contribution < -0.4 is 5.73 Å². The van der Waals surface area contributed by atoms with Crippen LogP contribution in [0.1, 0.15) is 19.3 Å². The first-order chi connectivity index (χ1) is 7.08. The molecule has 1 aliphatic rings. The van der Waals surface area contributed by atoms with Gasteiger partial charge < -0.3 is 5.73 Å². The monoisotopic (exact) mass is 226 g/mol. The Morgan fingerprint density at radius 2 is 2.13 bits per heavy atom. The number of aromatic nitrogens is 1. The SMILES string of the molecule is Nc1ccc(S(=O)(=O)CC2CCC2)cn1. The van der Waals surface area contributed by atoms with Crippen molar-refractivity contribution in [2.75, 3.05) is 11.5 Å². The van der Waals surface area contributed by atoms with E-state index in [1.807, 2.05) is 0 Å². The van der Waals surface area contributed by atoms with Gasteiger partial charge in [0.05, 0.1) is 10.6 Å². The fourth-order valence-corrected chi connectivity index (χ4v) is 3.28. The number of nitrogens with two attached hydrogens (primary N) is 1. The largest absolute Gasteiger partial charge is 0.384 e. The van der Waals surface area contributed by atoms with Crippen molar-refractivity contribution in [1.82, 2.24) is 4.98 Å². The molecule has 0 aromatic carbocycles. The first kappa shape index (κ1) is 10.4. The van der Waals surface area contributed by atoms with Crippen LogP contribution in [-0.2, 0) is 9.84 Å². The molecule has 0 spiro atoms. The lowest BCUT2D eigenvalue weighted by Gasteiger charge is -2.24. The number of hydrogen-bond acceptors (Lipinski definition) is 4. The van der Waals surface area contributed by atoms with E-state index in [0.717, 1.165) is 19.3 Å². The lowest BCUT2D eigenvalue weighted by atomic mass is 9.87. The van der Waals surface area contributed by atoms with Gasteiger partial charge in [-0.1, -0.05) is 6.42 Å². The molecule has 2 rings (SSSR count). The summed E-state index contributed by atoms with van der Waals surface area (Å²) in [4.78, 5) is 4.08. The summed E-state index contributed by atoms with van der Waals surface area (Å²) in [6, 6.07) is 3.05. The van der Waals surface area contributed by atoms with Gasteiger partial charge >= 0.3 is 0 Å². The number of nitrogens with zero attached hydrogens (tertiary/aromatic N) is 1. The van der Waals surface area contributed by atoms with Crippen molar-refractivity contribution in [2.24, 2.45) is 5.92 Å². The molecule has 15 heavy (non-hydrogen) atoms. The number of sulfone groups is 1. The van der Waals surface area contributed by atoms with Crippen LogP contribution in [-0.4, -0.2) is 19.2 Å². The molecule has 0 aliphatic heterocycles. The first-order valence-electron chi connectivity index (χ1n) is 5.02. The Hall–Kier alpha value is -1.10. The Morgan fingerprint density at radius 3 is 2.60 bits per heavy atom. The zero-order chi connectivity index (χ0) is 10.9. The van der Waals surface area contributed by atoms with E-state index in [2.05, 4.69) is 4.98 Å². The smallest absolute Gasteiger partial charge is 0.180 e. The normalized spacial score (nSPS) is 17.3. The van der Waals surface area contributed by atoms with E-state index in [1.165, 1.54) is 18.3 Å². The highest BCUT2D eigenvalue weighted by Crippen LogP contribution is 2.29. The summed E-state index contributed by atoms with van der Waals surface area (Å²) in [5.41, 5.74) is 5.40. The van der Waals surface area contributed by atoms with E-state index in [0.29, 0.717) is 11.7 Å². The third kappa shape index (κ3) is 2.28. The van der Waals surface area contributed by atoms with Gasteiger partial charge in [-0.3, -0.25) is 0 Å². The maximum absolute atomic E-state index is 11.9. The van der Waals surface area contributed by atoms with E-state index in [1.54, 1.807) is 0 Å². The fraction of sp³-hybridized carbons (Fsp3) is 0.500. The summed E-state index contributed by atoms with van der Waals surface area (Å²) < 4.78 is 23.7. The molecule has 5 heteroatoms. The molecule has 0 radical (unpaired) electrons. The average molecular weight is 226 g/mol. The van der Waals surface area contributed by atoms with Crippen molar-refractivity contribution < 1.29 is 8.42 Å². The number of nitrogen functional groups attached to an aromatic ring is 1. The van der Waals surface area contributed by atoms with Gasteiger partial charge in [0.1, 0.15) is 5.82 Å². The average Bonchev–Trinajstić information content (AvgIpc) is 2.13. The number of anilines is 1. The summed E-state index contributed by atoms with van der Waals surface area (Å²) in [5, 5.41) is 0. The van der Waals surface area contributed by atoms with E-state index in [-0.39, 0.29) is 10.6 Å². The van der Waals surface area contributed by atoms with Gasteiger partial charge in [-0.25, -0.2) is 13.4 Å². The summed E-state index contributed by atoms with van der Waals surface area (Å²) in [6.07, 6.45) is 4.55. The highest BCUT2D eigenvalue weighted by atomic mass is 32.2. The Kier molecular flexibility index (Phi) is 2.65. The molecule has 82 valence electrons. The summed E-state index contributed by atoms with van der Waals surface area (Å²) in [5.74, 6) is 0.934. The lowest BCUT2D eigenvalue weighted by Crippen LogP contribution is -2.22. The summed E-state index contributed by atoms with van der Waals surface area (Å²) in [6.45, 7) is 0. The fourth-order valence-electron chi connectivity index (χ4n) is 1.64. The molecule has 0 amide bonds. The minimum absolute atomic E-state index is 0.249. The second kappa shape index (κ2) is 3.81. The molecule has 0 saturated heterocycles. The molecule has 0 bridgehead atoms. The van der Waals surface area contributed by atoms with Crippen LogP contribution in [0, 0.1) is 5.92 Å². The van der Waals surface area contributed by atoms with Gasteiger partial charge in [-0.05, 0) is 30.9 Å². The molecular weight excluding hydrogens is 212 g/mol. The van der Waals surface area contributed by atoms with Crippen LogP contribution in [0.25, 0.3) is 0 Å². The van der Waals surface area contributed by atoms with Crippen LogP contribution in [0.2, 0.25) is 0 Å².